The van der Waals surface area contributed by atoms with Crippen LogP contribution in [0.5, 0.6) is 0 Å². The van der Waals surface area contributed by atoms with E-state index in [-0.39, 0.29) is 17.3 Å². The van der Waals surface area contributed by atoms with Crippen LogP contribution in [0.2, 0.25) is 5.02 Å². The molecule has 0 aliphatic carbocycles. The first-order valence-corrected chi connectivity index (χ1v) is 7.43. The maximum Gasteiger partial charge on any atom is 0.282 e. The molecule has 0 spiro atoms. The normalized spacial score (nSPS) is 24.8. The van der Waals surface area contributed by atoms with Crippen LogP contribution >= 0.6 is 11.6 Å². The van der Waals surface area contributed by atoms with Crippen LogP contribution in [0.3, 0.4) is 0 Å². The first-order valence-electron chi connectivity index (χ1n) is 7.05. The summed E-state index contributed by atoms with van der Waals surface area (Å²) in [7, 11) is 0. The number of nitrogens with one attached hydrogen (secondary N) is 1. The molecule has 112 valence electrons. The molecular weight excluding hydrogens is 294 g/mol. The Morgan fingerprint density at radius 1 is 1.38 bits per heavy atom. The fourth-order valence-electron chi connectivity index (χ4n) is 3.35. The molecule has 21 heavy (non-hydrogen) atoms. The Morgan fingerprint density at radius 2 is 2.19 bits per heavy atom. The zero-order valence-electron chi connectivity index (χ0n) is 11.4. The number of benzene rings is 1. The third-order valence-electron chi connectivity index (χ3n) is 4.32. The fourth-order valence-corrected chi connectivity index (χ4v) is 3.52. The fraction of sp³-hybridized carbons (Fsp3) is 0.500. The molecule has 0 saturated carbocycles. The van der Waals surface area contributed by atoms with E-state index in [1.165, 1.54) is 18.2 Å². The predicted octanol–water partition coefficient (Wildman–Crippen LogP) is 2.21. The average Bonchev–Trinajstić information content (AvgIpc) is 3.03. The van der Waals surface area contributed by atoms with Crippen molar-refractivity contribution in [3.63, 3.8) is 0 Å². The van der Waals surface area contributed by atoms with Crippen molar-refractivity contribution >= 4 is 23.2 Å². The topological polar surface area (TPSA) is 75.5 Å². The van der Waals surface area contributed by atoms with Crippen LogP contribution in [0, 0.1) is 10.1 Å². The lowest BCUT2D eigenvalue weighted by Crippen LogP contribution is -2.42. The standard InChI is InChI=1S/C14H16ClN3O3/c15-9-3-4-12(18(20)21)10(8-9)14(19)16-11-5-7-17-6-1-2-13(11)17/h3-4,8,11,13H,1-2,5-7H2,(H,16,19). The second-order valence-corrected chi connectivity index (χ2v) is 5.97. The van der Waals surface area contributed by atoms with Gasteiger partial charge < -0.3 is 5.32 Å². The lowest BCUT2D eigenvalue weighted by molar-refractivity contribution is -0.385. The highest BCUT2D eigenvalue weighted by Crippen LogP contribution is 2.29. The van der Waals surface area contributed by atoms with Crippen molar-refractivity contribution in [3.8, 4) is 0 Å². The smallest absolute Gasteiger partial charge is 0.282 e. The summed E-state index contributed by atoms with van der Waals surface area (Å²) in [5.41, 5.74) is -0.179. The summed E-state index contributed by atoms with van der Waals surface area (Å²) in [4.78, 5) is 25.2. The lowest BCUT2D eigenvalue weighted by Gasteiger charge is -2.21. The third-order valence-corrected chi connectivity index (χ3v) is 4.56. The summed E-state index contributed by atoms with van der Waals surface area (Å²) in [6.07, 6.45) is 3.11. The molecule has 1 amide bonds. The maximum atomic E-state index is 12.4. The van der Waals surface area contributed by atoms with Crippen molar-refractivity contribution in [2.75, 3.05) is 13.1 Å². The number of nitrogens with zero attached hydrogens (tertiary/aromatic N) is 2. The van der Waals surface area contributed by atoms with Gasteiger partial charge in [-0.2, -0.15) is 0 Å². The van der Waals surface area contributed by atoms with Gasteiger partial charge in [-0.15, -0.1) is 0 Å². The molecular formula is C14H16ClN3O3. The Hall–Kier alpha value is -1.66. The molecule has 1 aromatic carbocycles. The molecule has 2 saturated heterocycles. The van der Waals surface area contributed by atoms with E-state index in [0.29, 0.717) is 11.1 Å². The van der Waals surface area contributed by atoms with Gasteiger partial charge in [-0.3, -0.25) is 19.8 Å². The molecule has 0 aromatic heterocycles. The van der Waals surface area contributed by atoms with Gasteiger partial charge in [-0.1, -0.05) is 11.6 Å². The van der Waals surface area contributed by atoms with Crippen LogP contribution in [-0.4, -0.2) is 40.9 Å². The van der Waals surface area contributed by atoms with Crippen molar-refractivity contribution in [2.45, 2.75) is 31.3 Å². The van der Waals surface area contributed by atoms with Gasteiger partial charge >= 0.3 is 0 Å². The molecule has 2 atom stereocenters. The van der Waals surface area contributed by atoms with Gasteiger partial charge in [0.05, 0.1) is 4.92 Å². The SMILES string of the molecule is O=C(NC1CCN2CCCC12)c1cc(Cl)ccc1[N+](=O)[O-]. The molecule has 7 heteroatoms. The summed E-state index contributed by atoms with van der Waals surface area (Å²) >= 11 is 5.86. The van der Waals surface area contributed by atoms with E-state index < -0.39 is 10.8 Å². The Balaban J connectivity index is 1.79. The third kappa shape index (κ3) is 2.73. The minimum atomic E-state index is -0.554. The zero-order valence-corrected chi connectivity index (χ0v) is 12.2. The molecule has 2 aliphatic heterocycles. The maximum absolute atomic E-state index is 12.4. The molecule has 2 fully saturated rings. The highest BCUT2D eigenvalue weighted by Gasteiger charge is 2.38. The molecule has 2 aliphatic rings. The Morgan fingerprint density at radius 3 is 2.95 bits per heavy atom. The molecule has 1 aromatic rings. The number of nitro benzene ring substituents is 1. The Labute approximate surface area is 127 Å². The van der Waals surface area contributed by atoms with Crippen LogP contribution in [0.25, 0.3) is 0 Å². The molecule has 0 bridgehead atoms. The van der Waals surface area contributed by atoms with Gasteiger partial charge in [0.15, 0.2) is 0 Å². The Kier molecular flexibility index (Phi) is 3.82. The number of hydrogen-bond donors (Lipinski definition) is 1. The van der Waals surface area contributed by atoms with Crippen LogP contribution in [0.15, 0.2) is 18.2 Å². The minimum absolute atomic E-state index is 0.0314. The number of hydrogen-bond acceptors (Lipinski definition) is 4. The second kappa shape index (κ2) is 5.61. The first kappa shape index (κ1) is 14.3. The first-order chi connectivity index (χ1) is 10.1. The van der Waals surface area contributed by atoms with Gasteiger partial charge in [-0.25, -0.2) is 0 Å². The molecule has 2 heterocycles. The Bertz CT molecular complexity index is 593. The molecule has 0 radical (unpaired) electrons. The van der Waals surface area contributed by atoms with Gasteiger partial charge in [0.25, 0.3) is 11.6 Å². The van der Waals surface area contributed by atoms with Gasteiger partial charge in [0.2, 0.25) is 0 Å². The van der Waals surface area contributed by atoms with Crippen molar-refractivity contribution in [2.24, 2.45) is 0 Å². The van der Waals surface area contributed by atoms with Crippen molar-refractivity contribution in [3.05, 3.63) is 38.9 Å². The van der Waals surface area contributed by atoms with Crippen LogP contribution in [-0.2, 0) is 0 Å². The summed E-state index contributed by atoms with van der Waals surface area (Å²) in [5, 5.41) is 14.3. The highest BCUT2D eigenvalue weighted by atomic mass is 35.5. The monoisotopic (exact) mass is 309 g/mol. The van der Waals surface area contributed by atoms with Crippen LogP contribution in [0.4, 0.5) is 5.69 Å². The van der Waals surface area contributed by atoms with Crippen LogP contribution in [0.1, 0.15) is 29.6 Å². The number of carbonyl (C=O) groups is 1. The van der Waals surface area contributed by atoms with E-state index in [1.807, 2.05) is 0 Å². The van der Waals surface area contributed by atoms with Gasteiger partial charge in [0.1, 0.15) is 5.56 Å². The number of fused-ring (bicyclic) bond motifs is 1. The number of amides is 1. The summed E-state index contributed by atoms with van der Waals surface area (Å²) in [5.74, 6) is -0.414. The number of carbonyl (C=O) groups excluding carboxylic acids is 1. The van der Waals surface area contributed by atoms with E-state index >= 15 is 0 Å². The van der Waals surface area contributed by atoms with Gasteiger partial charge in [0, 0.05) is 29.7 Å². The van der Waals surface area contributed by atoms with Crippen molar-refractivity contribution in [1.29, 1.82) is 0 Å². The van der Waals surface area contributed by atoms with E-state index in [4.69, 9.17) is 11.6 Å². The number of rotatable bonds is 3. The minimum Gasteiger partial charge on any atom is -0.347 e. The van der Waals surface area contributed by atoms with Gasteiger partial charge in [-0.05, 0) is 37.9 Å². The summed E-state index contributed by atoms with van der Waals surface area (Å²) < 4.78 is 0. The molecule has 6 nitrogen and oxygen atoms in total. The van der Waals surface area contributed by atoms with Crippen molar-refractivity contribution < 1.29 is 9.72 Å². The van der Waals surface area contributed by atoms with Crippen LogP contribution < -0.4 is 5.32 Å². The molecule has 1 N–H and O–H groups in total. The van der Waals surface area contributed by atoms with Crippen molar-refractivity contribution in [1.82, 2.24) is 10.2 Å². The predicted molar refractivity (Wildman–Crippen MR) is 78.6 cm³/mol. The van der Waals surface area contributed by atoms with E-state index in [9.17, 15) is 14.9 Å². The average molecular weight is 310 g/mol. The zero-order chi connectivity index (χ0) is 15.0. The summed E-state index contributed by atoms with van der Waals surface area (Å²) in [6.45, 7) is 2.06. The quantitative estimate of drug-likeness (QED) is 0.686. The lowest BCUT2D eigenvalue weighted by atomic mass is 10.1. The second-order valence-electron chi connectivity index (χ2n) is 5.53. The number of nitro groups is 1. The van der Waals surface area contributed by atoms with E-state index in [0.717, 1.165) is 32.4 Å². The van der Waals surface area contributed by atoms with E-state index in [1.54, 1.807) is 0 Å². The summed E-state index contributed by atoms with van der Waals surface area (Å²) in [6, 6.07) is 4.49. The largest absolute Gasteiger partial charge is 0.347 e. The number of halogens is 1. The molecule has 3 rings (SSSR count). The molecule has 2 unspecified atom stereocenters. The highest BCUT2D eigenvalue weighted by molar-refractivity contribution is 6.31. The van der Waals surface area contributed by atoms with E-state index in [2.05, 4.69) is 10.2 Å².